The van der Waals surface area contributed by atoms with E-state index in [-0.39, 0.29) is 12.4 Å². The predicted molar refractivity (Wildman–Crippen MR) is 58.6 cm³/mol. The molecule has 1 fully saturated rings. The first kappa shape index (κ1) is 10.4. The van der Waals surface area contributed by atoms with Gasteiger partial charge in [-0.3, -0.25) is 0 Å². The average Bonchev–Trinajstić information content (AvgIpc) is 2.59. The van der Waals surface area contributed by atoms with Crippen molar-refractivity contribution in [3.8, 4) is 0 Å². The molecule has 0 amide bonds. The van der Waals surface area contributed by atoms with Crippen molar-refractivity contribution in [3.05, 3.63) is 30.3 Å². The highest BCUT2D eigenvalue weighted by Crippen LogP contribution is 2.10. The van der Waals surface area contributed by atoms with Crippen LogP contribution >= 0.6 is 12.4 Å². The standard InChI is InChI=1S/C10H14N2.ClH/c1-2-4-9(5-3-1)12-10-6-7-11-8-10;/h1-5,10-12H,6-8H2;1H. The number of benzene rings is 1. The quantitative estimate of drug-likeness (QED) is 0.759. The molecule has 1 atom stereocenters. The Labute approximate surface area is 85.1 Å². The van der Waals surface area contributed by atoms with Crippen molar-refractivity contribution in [2.24, 2.45) is 0 Å². The van der Waals surface area contributed by atoms with Crippen molar-refractivity contribution < 1.29 is 0 Å². The topological polar surface area (TPSA) is 24.1 Å². The van der Waals surface area contributed by atoms with Crippen molar-refractivity contribution in [3.63, 3.8) is 0 Å². The summed E-state index contributed by atoms with van der Waals surface area (Å²) >= 11 is 0. The minimum atomic E-state index is 0. The van der Waals surface area contributed by atoms with E-state index in [2.05, 4.69) is 34.9 Å². The third kappa shape index (κ3) is 2.90. The zero-order chi connectivity index (χ0) is 8.23. The summed E-state index contributed by atoms with van der Waals surface area (Å²) in [5.74, 6) is 0. The minimum absolute atomic E-state index is 0. The maximum absolute atomic E-state index is 3.48. The molecular weight excluding hydrogens is 184 g/mol. The number of hydrogen-bond acceptors (Lipinski definition) is 2. The van der Waals surface area contributed by atoms with Crippen LogP contribution in [0.4, 0.5) is 5.69 Å². The molecule has 0 aromatic heterocycles. The number of para-hydroxylation sites is 1. The maximum Gasteiger partial charge on any atom is 0.0398 e. The summed E-state index contributed by atoms with van der Waals surface area (Å²) < 4.78 is 0. The van der Waals surface area contributed by atoms with Crippen molar-refractivity contribution in [2.75, 3.05) is 18.4 Å². The van der Waals surface area contributed by atoms with Gasteiger partial charge in [-0.15, -0.1) is 12.4 Å². The lowest BCUT2D eigenvalue weighted by Crippen LogP contribution is -2.21. The highest BCUT2D eigenvalue weighted by molar-refractivity contribution is 5.85. The Balaban J connectivity index is 0.000000845. The summed E-state index contributed by atoms with van der Waals surface area (Å²) in [5, 5.41) is 6.81. The van der Waals surface area contributed by atoms with Gasteiger partial charge in [-0.2, -0.15) is 0 Å². The summed E-state index contributed by atoms with van der Waals surface area (Å²) in [7, 11) is 0. The Morgan fingerprint density at radius 2 is 2.00 bits per heavy atom. The van der Waals surface area contributed by atoms with E-state index >= 15 is 0 Å². The van der Waals surface area contributed by atoms with E-state index in [1.165, 1.54) is 12.1 Å². The van der Waals surface area contributed by atoms with Crippen LogP contribution in [0, 0.1) is 0 Å². The second-order valence-electron chi connectivity index (χ2n) is 3.20. The number of anilines is 1. The van der Waals surface area contributed by atoms with Gasteiger partial charge in [0, 0.05) is 18.3 Å². The van der Waals surface area contributed by atoms with Crippen LogP contribution in [0.15, 0.2) is 30.3 Å². The van der Waals surface area contributed by atoms with E-state index in [4.69, 9.17) is 0 Å². The SMILES string of the molecule is Cl.c1ccc(NC2CCNC2)cc1. The summed E-state index contributed by atoms with van der Waals surface area (Å²) in [5.41, 5.74) is 1.23. The number of halogens is 1. The fourth-order valence-electron chi connectivity index (χ4n) is 1.55. The number of hydrogen-bond donors (Lipinski definition) is 2. The Bertz CT molecular complexity index is 232. The van der Waals surface area contributed by atoms with E-state index in [1.807, 2.05) is 6.07 Å². The maximum atomic E-state index is 3.48. The summed E-state index contributed by atoms with van der Waals surface area (Å²) in [6.45, 7) is 2.24. The predicted octanol–water partition coefficient (Wildman–Crippen LogP) is 1.88. The molecular formula is C10H15ClN2. The van der Waals surface area contributed by atoms with Crippen molar-refractivity contribution in [1.82, 2.24) is 5.32 Å². The second-order valence-corrected chi connectivity index (χ2v) is 3.20. The molecule has 1 aromatic carbocycles. The Morgan fingerprint density at radius 3 is 2.62 bits per heavy atom. The molecule has 0 saturated carbocycles. The number of nitrogens with one attached hydrogen (secondary N) is 2. The van der Waals surface area contributed by atoms with Gasteiger partial charge >= 0.3 is 0 Å². The highest BCUT2D eigenvalue weighted by atomic mass is 35.5. The molecule has 3 heteroatoms. The zero-order valence-electron chi connectivity index (χ0n) is 7.49. The van der Waals surface area contributed by atoms with E-state index < -0.39 is 0 Å². The third-order valence-electron chi connectivity index (χ3n) is 2.20. The van der Waals surface area contributed by atoms with E-state index in [0.29, 0.717) is 6.04 Å². The fraction of sp³-hybridized carbons (Fsp3) is 0.400. The van der Waals surface area contributed by atoms with E-state index in [1.54, 1.807) is 0 Å². The van der Waals surface area contributed by atoms with Gasteiger partial charge in [-0.05, 0) is 25.1 Å². The zero-order valence-corrected chi connectivity index (χ0v) is 8.31. The summed E-state index contributed by atoms with van der Waals surface area (Å²) in [6, 6.07) is 11.0. The van der Waals surface area contributed by atoms with Crippen molar-refractivity contribution >= 4 is 18.1 Å². The molecule has 0 aliphatic carbocycles. The van der Waals surface area contributed by atoms with Gasteiger partial charge < -0.3 is 10.6 Å². The van der Waals surface area contributed by atoms with Crippen molar-refractivity contribution in [2.45, 2.75) is 12.5 Å². The molecule has 0 spiro atoms. The first-order valence-electron chi connectivity index (χ1n) is 4.47. The monoisotopic (exact) mass is 198 g/mol. The Kier molecular flexibility index (Phi) is 4.06. The normalized spacial score (nSPS) is 20.8. The Hall–Kier alpha value is -0.730. The second kappa shape index (κ2) is 5.10. The minimum Gasteiger partial charge on any atom is -0.381 e. The van der Waals surface area contributed by atoms with Gasteiger partial charge in [0.2, 0.25) is 0 Å². The lowest BCUT2D eigenvalue weighted by atomic mass is 10.2. The van der Waals surface area contributed by atoms with Gasteiger partial charge in [0.1, 0.15) is 0 Å². The van der Waals surface area contributed by atoms with Gasteiger partial charge in [-0.1, -0.05) is 18.2 Å². The fourth-order valence-corrected chi connectivity index (χ4v) is 1.55. The lowest BCUT2D eigenvalue weighted by Gasteiger charge is -2.11. The van der Waals surface area contributed by atoms with E-state index in [9.17, 15) is 0 Å². The van der Waals surface area contributed by atoms with Crippen LogP contribution in [-0.4, -0.2) is 19.1 Å². The van der Waals surface area contributed by atoms with Crippen LogP contribution in [0.25, 0.3) is 0 Å². The molecule has 72 valence electrons. The van der Waals surface area contributed by atoms with Crippen LogP contribution in [0.5, 0.6) is 0 Å². The largest absolute Gasteiger partial charge is 0.381 e. The average molecular weight is 199 g/mol. The Morgan fingerprint density at radius 1 is 1.23 bits per heavy atom. The van der Waals surface area contributed by atoms with Crippen LogP contribution in [0.1, 0.15) is 6.42 Å². The van der Waals surface area contributed by atoms with Crippen molar-refractivity contribution in [1.29, 1.82) is 0 Å². The molecule has 2 nitrogen and oxygen atoms in total. The molecule has 2 rings (SSSR count). The highest BCUT2D eigenvalue weighted by Gasteiger charge is 2.12. The van der Waals surface area contributed by atoms with Gasteiger partial charge in [0.25, 0.3) is 0 Å². The third-order valence-corrected chi connectivity index (χ3v) is 2.20. The molecule has 1 unspecified atom stereocenters. The molecule has 0 radical (unpaired) electrons. The summed E-state index contributed by atoms with van der Waals surface area (Å²) in [4.78, 5) is 0. The summed E-state index contributed by atoms with van der Waals surface area (Å²) in [6.07, 6.45) is 1.23. The molecule has 1 aliphatic rings. The lowest BCUT2D eigenvalue weighted by molar-refractivity contribution is 0.793. The molecule has 1 saturated heterocycles. The van der Waals surface area contributed by atoms with Crippen LogP contribution < -0.4 is 10.6 Å². The smallest absolute Gasteiger partial charge is 0.0398 e. The molecule has 1 heterocycles. The molecule has 1 aromatic rings. The molecule has 1 aliphatic heterocycles. The molecule has 13 heavy (non-hydrogen) atoms. The van der Waals surface area contributed by atoms with Crippen LogP contribution in [0.2, 0.25) is 0 Å². The van der Waals surface area contributed by atoms with Crippen LogP contribution in [0.3, 0.4) is 0 Å². The van der Waals surface area contributed by atoms with Gasteiger partial charge in [0.15, 0.2) is 0 Å². The van der Waals surface area contributed by atoms with Gasteiger partial charge in [-0.25, -0.2) is 0 Å². The first-order chi connectivity index (χ1) is 5.95. The first-order valence-corrected chi connectivity index (χ1v) is 4.47. The van der Waals surface area contributed by atoms with Crippen LogP contribution in [-0.2, 0) is 0 Å². The molecule has 2 N–H and O–H groups in total. The van der Waals surface area contributed by atoms with Gasteiger partial charge in [0.05, 0.1) is 0 Å². The number of rotatable bonds is 2. The van der Waals surface area contributed by atoms with E-state index in [0.717, 1.165) is 13.1 Å². The molecule has 0 bridgehead atoms.